The van der Waals surface area contributed by atoms with E-state index in [9.17, 15) is 4.79 Å². The second-order valence-electron chi connectivity index (χ2n) is 5.07. The molecular weight excluding hydrogens is 282 g/mol. The van der Waals surface area contributed by atoms with Crippen molar-refractivity contribution in [2.45, 2.75) is 44.6 Å². The monoisotopic (exact) mass is 303 g/mol. The molecule has 2 unspecified atom stereocenters. The van der Waals surface area contributed by atoms with Crippen LogP contribution in [-0.2, 0) is 9.53 Å². The molecule has 0 saturated carbocycles. The van der Waals surface area contributed by atoms with E-state index in [2.05, 4.69) is 20.8 Å². The lowest BCUT2D eigenvalue weighted by Crippen LogP contribution is -2.42. The Balaban J connectivity index is 1.88. The van der Waals surface area contributed by atoms with Crippen molar-refractivity contribution in [3.05, 3.63) is 0 Å². The third kappa shape index (κ3) is 3.44. The van der Waals surface area contributed by atoms with Gasteiger partial charge < -0.3 is 9.64 Å². The van der Waals surface area contributed by atoms with Crippen molar-refractivity contribution >= 4 is 21.8 Å². The van der Waals surface area contributed by atoms with E-state index in [1.54, 1.807) is 0 Å². The minimum atomic E-state index is 0.133. The number of likely N-dealkylation sites (tertiary alicyclic amines) is 1. The first-order valence-corrected chi connectivity index (χ1v) is 7.89. The fourth-order valence-corrected chi connectivity index (χ4v) is 3.23. The van der Waals surface area contributed by atoms with E-state index in [0.29, 0.717) is 18.6 Å². The molecule has 2 fully saturated rings. The highest BCUT2D eigenvalue weighted by atomic mass is 79.9. The lowest BCUT2D eigenvalue weighted by molar-refractivity contribution is -0.140. The summed E-state index contributed by atoms with van der Waals surface area (Å²) in [6, 6.07) is 0.488. The number of alkyl halides is 1. The van der Waals surface area contributed by atoms with Crippen molar-refractivity contribution < 1.29 is 9.53 Å². The van der Waals surface area contributed by atoms with Crippen molar-refractivity contribution in [1.82, 2.24) is 4.90 Å². The van der Waals surface area contributed by atoms with Crippen molar-refractivity contribution in [3.63, 3.8) is 0 Å². The summed E-state index contributed by atoms with van der Waals surface area (Å²) in [5, 5.41) is 1.04. The van der Waals surface area contributed by atoms with E-state index in [0.717, 1.165) is 44.2 Å². The Morgan fingerprint density at radius 3 is 2.94 bits per heavy atom. The summed E-state index contributed by atoms with van der Waals surface area (Å²) < 4.78 is 5.42. The van der Waals surface area contributed by atoms with Crippen LogP contribution in [0.1, 0.15) is 38.5 Å². The molecule has 2 heterocycles. The van der Waals surface area contributed by atoms with E-state index < -0.39 is 0 Å². The van der Waals surface area contributed by atoms with Crippen LogP contribution in [0.15, 0.2) is 0 Å². The van der Waals surface area contributed by atoms with Crippen molar-refractivity contribution in [2.75, 3.05) is 25.1 Å². The molecule has 98 valence electrons. The predicted octanol–water partition coefficient (Wildman–Crippen LogP) is 2.58. The summed E-state index contributed by atoms with van der Waals surface area (Å²) in [7, 11) is 0. The number of nitrogens with zero attached hydrogens (tertiary/aromatic N) is 1. The fraction of sp³-hybridized carbons (Fsp3) is 0.923. The number of amides is 1. The second-order valence-corrected chi connectivity index (χ2v) is 5.87. The van der Waals surface area contributed by atoms with Gasteiger partial charge in [-0.15, -0.1) is 0 Å². The highest BCUT2D eigenvalue weighted by Crippen LogP contribution is 2.26. The van der Waals surface area contributed by atoms with Crippen molar-refractivity contribution in [3.8, 4) is 0 Å². The van der Waals surface area contributed by atoms with Gasteiger partial charge in [-0.05, 0) is 38.5 Å². The first-order valence-electron chi connectivity index (χ1n) is 6.77. The Morgan fingerprint density at radius 1 is 1.35 bits per heavy atom. The Labute approximate surface area is 112 Å². The van der Waals surface area contributed by atoms with Gasteiger partial charge in [0.05, 0.1) is 12.5 Å². The Morgan fingerprint density at radius 2 is 2.24 bits per heavy atom. The van der Waals surface area contributed by atoms with Gasteiger partial charge in [0, 0.05) is 24.5 Å². The summed E-state index contributed by atoms with van der Waals surface area (Å²) in [6.45, 7) is 2.43. The first-order chi connectivity index (χ1) is 8.33. The van der Waals surface area contributed by atoms with Gasteiger partial charge >= 0.3 is 0 Å². The molecule has 0 aliphatic carbocycles. The molecule has 2 saturated heterocycles. The number of hydrogen-bond acceptors (Lipinski definition) is 2. The number of halogens is 1. The molecule has 2 rings (SSSR count). The normalized spacial score (nSPS) is 29.6. The lowest BCUT2D eigenvalue weighted by atomic mass is 9.99. The predicted molar refractivity (Wildman–Crippen MR) is 71.3 cm³/mol. The van der Waals surface area contributed by atoms with Crippen molar-refractivity contribution in [1.29, 1.82) is 0 Å². The summed E-state index contributed by atoms with van der Waals surface area (Å²) in [5.41, 5.74) is 0. The Hall–Kier alpha value is -0.0900. The fourth-order valence-electron chi connectivity index (χ4n) is 2.91. The van der Waals surface area contributed by atoms with E-state index in [1.807, 2.05) is 0 Å². The van der Waals surface area contributed by atoms with Crippen LogP contribution in [-0.4, -0.2) is 41.9 Å². The van der Waals surface area contributed by atoms with E-state index in [1.165, 1.54) is 12.8 Å². The van der Waals surface area contributed by atoms with Crippen LogP contribution < -0.4 is 0 Å². The van der Waals surface area contributed by atoms with Crippen LogP contribution in [0.25, 0.3) is 0 Å². The summed E-state index contributed by atoms with van der Waals surface area (Å²) in [5.74, 6) is 0.482. The zero-order valence-corrected chi connectivity index (χ0v) is 12.0. The maximum absolute atomic E-state index is 12.4. The minimum absolute atomic E-state index is 0.133. The Bertz CT molecular complexity index is 254. The van der Waals surface area contributed by atoms with Crippen LogP contribution in [0.2, 0.25) is 0 Å². The third-order valence-corrected chi connectivity index (χ3v) is 4.40. The molecule has 2 aliphatic rings. The van der Waals surface area contributed by atoms with Gasteiger partial charge in [0.15, 0.2) is 0 Å². The number of hydrogen-bond donors (Lipinski definition) is 0. The molecule has 0 aromatic rings. The van der Waals surface area contributed by atoms with Gasteiger partial charge in [-0.3, -0.25) is 4.79 Å². The van der Waals surface area contributed by atoms with Crippen molar-refractivity contribution in [2.24, 2.45) is 5.92 Å². The molecule has 0 spiro atoms. The zero-order valence-electron chi connectivity index (χ0n) is 10.4. The molecule has 0 radical (unpaired) electrons. The zero-order chi connectivity index (χ0) is 12.1. The molecule has 4 heteroatoms. The maximum Gasteiger partial charge on any atom is 0.228 e. The maximum atomic E-state index is 12.4. The Kier molecular flexibility index (Phi) is 5.29. The largest absolute Gasteiger partial charge is 0.381 e. The van der Waals surface area contributed by atoms with Gasteiger partial charge in [-0.2, -0.15) is 0 Å². The van der Waals surface area contributed by atoms with Crippen LogP contribution in [0.3, 0.4) is 0 Å². The molecule has 2 atom stereocenters. The van der Waals surface area contributed by atoms with Gasteiger partial charge in [0.2, 0.25) is 5.91 Å². The molecule has 1 amide bonds. The molecule has 3 nitrogen and oxygen atoms in total. The van der Waals surface area contributed by atoms with E-state index in [-0.39, 0.29) is 5.92 Å². The number of carbonyl (C=O) groups excluding carboxylic acids is 1. The quantitative estimate of drug-likeness (QED) is 0.747. The van der Waals surface area contributed by atoms with E-state index >= 15 is 0 Å². The van der Waals surface area contributed by atoms with Gasteiger partial charge in [-0.25, -0.2) is 0 Å². The highest BCUT2D eigenvalue weighted by Gasteiger charge is 2.33. The second kappa shape index (κ2) is 6.74. The molecule has 0 aromatic carbocycles. The standard InChI is InChI=1S/C13H22BrNO2/c14-7-1-5-12-6-2-8-15(12)13(16)11-4-3-9-17-10-11/h11-12H,1-10H2. The summed E-state index contributed by atoms with van der Waals surface area (Å²) in [4.78, 5) is 14.5. The summed E-state index contributed by atoms with van der Waals surface area (Å²) >= 11 is 3.47. The SMILES string of the molecule is O=C(C1CCCOC1)N1CCCC1CCCBr. The van der Waals surface area contributed by atoms with Crippen LogP contribution in [0, 0.1) is 5.92 Å². The average molecular weight is 304 g/mol. The van der Waals surface area contributed by atoms with Crippen LogP contribution >= 0.6 is 15.9 Å². The number of rotatable bonds is 4. The lowest BCUT2D eigenvalue weighted by Gasteiger charge is -2.30. The average Bonchev–Trinajstić information content (AvgIpc) is 2.84. The molecule has 2 aliphatic heterocycles. The number of ether oxygens (including phenoxy) is 1. The number of carbonyl (C=O) groups is 1. The molecule has 0 N–H and O–H groups in total. The molecule has 0 bridgehead atoms. The van der Waals surface area contributed by atoms with Crippen LogP contribution in [0.4, 0.5) is 0 Å². The minimum Gasteiger partial charge on any atom is -0.381 e. The van der Waals surface area contributed by atoms with Gasteiger partial charge in [-0.1, -0.05) is 15.9 Å². The summed E-state index contributed by atoms with van der Waals surface area (Å²) in [6.07, 6.45) is 6.72. The highest BCUT2D eigenvalue weighted by molar-refractivity contribution is 9.09. The van der Waals surface area contributed by atoms with Gasteiger partial charge in [0.1, 0.15) is 0 Å². The molecule has 17 heavy (non-hydrogen) atoms. The molecular formula is C13H22BrNO2. The smallest absolute Gasteiger partial charge is 0.228 e. The van der Waals surface area contributed by atoms with Crippen LogP contribution in [0.5, 0.6) is 0 Å². The van der Waals surface area contributed by atoms with Gasteiger partial charge in [0.25, 0.3) is 0 Å². The van der Waals surface area contributed by atoms with E-state index in [4.69, 9.17) is 4.74 Å². The third-order valence-electron chi connectivity index (χ3n) is 3.84. The first kappa shape index (κ1) is 13.3. The molecule has 0 aromatic heterocycles. The topological polar surface area (TPSA) is 29.5 Å².